The van der Waals surface area contributed by atoms with Crippen LogP contribution in [0.1, 0.15) is 32.6 Å². The van der Waals surface area contributed by atoms with Gasteiger partial charge in [-0.2, -0.15) is 0 Å². The number of ether oxygens (including phenoxy) is 1. The highest BCUT2D eigenvalue weighted by Crippen LogP contribution is 2.32. The maximum absolute atomic E-state index is 12.4. The van der Waals surface area contributed by atoms with E-state index in [-0.39, 0.29) is 24.2 Å². The molecule has 1 amide bonds. The molecular weight excluding hydrogens is 276 g/mol. The summed E-state index contributed by atoms with van der Waals surface area (Å²) in [7, 11) is 1.61. The lowest BCUT2D eigenvalue weighted by atomic mass is 9.74. The Hall–Kier alpha value is -1.26. The van der Waals surface area contributed by atoms with Crippen molar-refractivity contribution < 1.29 is 9.53 Å². The molecule has 2 unspecified atom stereocenters. The van der Waals surface area contributed by atoms with Gasteiger partial charge < -0.3 is 15.8 Å². The van der Waals surface area contributed by atoms with Crippen molar-refractivity contribution in [1.29, 1.82) is 0 Å². The van der Waals surface area contributed by atoms with Crippen molar-refractivity contribution in [3.63, 3.8) is 0 Å². The molecule has 1 aliphatic rings. The van der Waals surface area contributed by atoms with Crippen LogP contribution in [-0.2, 0) is 4.79 Å². The first kappa shape index (κ1) is 16.8. The fourth-order valence-corrected chi connectivity index (χ4v) is 2.72. The normalized spacial score (nSPS) is 25.4. The predicted octanol–water partition coefficient (Wildman–Crippen LogP) is 2.96. The molecule has 2 atom stereocenters. The second kappa shape index (κ2) is 6.95. The number of carbonyl (C=O) groups excluding carboxylic acids is 1. The number of nitrogens with one attached hydrogen (secondary N) is 1. The SMILES string of the molecule is COc1cccc(NC(=O)C2CCCCC2(C)N)c1.Cl. The molecule has 0 aliphatic heterocycles. The number of rotatable bonds is 3. The number of hydrogen-bond acceptors (Lipinski definition) is 3. The molecule has 1 aliphatic carbocycles. The number of benzene rings is 1. The van der Waals surface area contributed by atoms with Crippen LogP contribution in [0.15, 0.2) is 24.3 Å². The average Bonchev–Trinajstić information content (AvgIpc) is 2.38. The van der Waals surface area contributed by atoms with Crippen LogP contribution >= 0.6 is 12.4 Å². The molecule has 0 spiro atoms. The van der Waals surface area contributed by atoms with Gasteiger partial charge in [0.2, 0.25) is 5.91 Å². The van der Waals surface area contributed by atoms with Gasteiger partial charge in [-0.05, 0) is 31.9 Å². The molecule has 1 aromatic rings. The number of hydrogen-bond donors (Lipinski definition) is 2. The molecule has 0 radical (unpaired) electrons. The van der Waals surface area contributed by atoms with E-state index in [2.05, 4.69) is 5.32 Å². The fourth-order valence-electron chi connectivity index (χ4n) is 2.72. The standard InChI is InChI=1S/C15H22N2O2.ClH/c1-15(16)9-4-3-8-13(15)14(18)17-11-6-5-7-12(10-11)19-2;/h5-7,10,13H,3-4,8-9,16H2,1-2H3,(H,17,18);1H. The van der Waals surface area contributed by atoms with Crippen LogP contribution in [-0.4, -0.2) is 18.6 Å². The number of halogens is 1. The second-order valence-corrected chi connectivity index (χ2v) is 5.53. The molecule has 0 saturated heterocycles. The maximum Gasteiger partial charge on any atom is 0.229 e. The molecule has 3 N–H and O–H groups in total. The zero-order valence-corrected chi connectivity index (χ0v) is 12.8. The highest BCUT2D eigenvalue weighted by molar-refractivity contribution is 5.93. The molecule has 1 aromatic carbocycles. The first-order valence-electron chi connectivity index (χ1n) is 6.77. The van der Waals surface area contributed by atoms with E-state index in [1.807, 2.05) is 31.2 Å². The number of methoxy groups -OCH3 is 1. The summed E-state index contributed by atoms with van der Waals surface area (Å²) in [4.78, 5) is 12.4. The summed E-state index contributed by atoms with van der Waals surface area (Å²) in [6.07, 6.45) is 3.95. The van der Waals surface area contributed by atoms with Gasteiger partial charge >= 0.3 is 0 Å². The molecule has 5 heteroatoms. The molecule has 0 bridgehead atoms. The van der Waals surface area contributed by atoms with Crippen LogP contribution in [0, 0.1) is 5.92 Å². The quantitative estimate of drug-likeness (QED) is 0.901. The molecule has 0 heterocycles. The van der Waals surface area contributed by atoms with Crippen molar-refractivity contribution in [3.05, 3.63) is 24.3 Å². The van der Waals surface area contributed by atoms with E-state index >= 15 is 0 Å². The Balaban J connectivity index is 0.00000200. The number of carbonyl (C=O) groups is 1. The Morgan fingerprint density at radius 3 is 2.85 bits per heavy atom. The lowest BCUT2D eigenvalue weighted by molar-refractivity contribution is -0.122. The average molecular weight is 299 g/mol. The smallest absolute Gasteiger partial charge is 0.229 e. The highest BCUT2D eigenvalue weighted by Gasteiger charge is 2.37. The van der Waals surface area contributed by atoms with Crippen molar-refractivity contribution in [2.75, 3.05) is 12.4 Å². The minimum atomic E-state index is -0.402. The van der Waals surface area contributed by atoms with Gasteiger partial charge in [0.15, 0.2) is 0 Å². The van der Waals surface area contributed by atoms with Crippen molar-refractivity contribution in [2.24, 2.45) is 11.7 Å². The van der Waals surface area contributed by atoms with E-state index < -0.39 is 5.54 Å². The first-order valence-corrected chi connectivity index (χ1v) is 6.77. The van der Waals surface area contributed by atoms with Gasteiger partial charge in [0.1, 0.15) is 5.75 Å². The van der Waals surface area contributed by atoms with Crippen LogP contribution in [0.4, 0.5) is 5.69 Å². The van der Waals surface area contributed by atoms with Gasteiger partial charge in [0.05, 0.1) is 13.0 Å². The van der Waals surface area contributed by atoms with E-state index in [1.165, 1.54) is 0 Å². The van der Waals surface area contributed by atoms with Crippen LogP contribution in [0.25, 0.3) is 0 Å². The Morgan fingerprint density at radius 1 is 1.45 bits per heavy atom. The molecule has 0 aromatic heterocycles. The van der Waals surface area contributed by atoms with Crippen molar-refractivity contribution in [1.82, 2.24) is 0 Å². The lowest BCUT2D eigenvalue weighted by Crippen LogP contribution is -2.51. The molecule has 1 saturated carbocycles. The summed E-state index contributed by atoms with van der Waals surface area (Å²) in [6.45, 7) is 1.97. The van der Waals surface area contributed by atoms with Gasteiger partial charge in [0, 0.05) is 17.3 Å². The summed E-state index contributed by atoms with van der Waals surface area (Å²) in [6, 6.07) is 7.38. The van der Waals surface area contributed by atoms with Crippen LogP contribution in [0.5, 0.6) is 5.75 Å². The Labute approximate surface area is 126 Å². The highest BCUT2D eigenvalue weighted by atomic mass is 35.5. The van der Waals surface area contributed by atoms with E-state index in [9.17, 15) is 4.79 Å². The van der Waals surface area contributed by atoms with Crippen LogP contribution in [0.2, 0.25) is 0 Å². The van der Waals surface area contributed by atoms with Gasteiger partial charge in [-0.1, -0.05) is 18.9 Å². The minimum Gasteiger partial charge on any atom is -0.497 e. The van der Waals surface area contributed by atoms with Gasteiger partial charge in [-0.15, -0.1) is 12.4 Å². The zero-order valence-electron chi connectivity index (χ0n) is 12.0. The summed E-state index contributed by atoms with van der Waals surface area (Å²) in [5.41, 5.74) is 6.60. The largest absolute Gasteiger partial charge is 0.497 e. The van der Waals surface area contributed by atoms with Crippen LogP contribution < -0.4 is 15.8 Å². The predicted molar refractivity (Wildman–Crippen MR) is 83.4 cm³/mol. The third-order valence-electron chi connectivity index (χ3n) is 3.91. The van der Waals surface area contributed by atoms with Crippen molar-refractivity contribution in [3.8, 4) is 5.75 Å². The number of nitrogens with two attached hydrogens (primary N) is 1. The van der Waals surface area contributed by atoms with Crippen molar-refractivity contribution >= 4 is 24.0 Å². The monoisotopic (exact) mass is 298 g/mol. The molecule has 20 heavy (non-hydrogen) atoms. The Kier molecular flexibility index (Phi) is 5.84. The minimum absolute atomic E-state index is 0. The molecule has 1 fully saturated rings. The van der Waals surface area contributed by atoms with Gasteiger partial charge in [0.25, 0.3) is 0 Å². The summed E-state index contributed by atoms with van der Waals surface area (Å²) in [5.74, 6) is 0.627. The van der Waals surface area contributed by atoms with E-state index in [0.717, 1.165) is 37.1 Å². The van der Waals surface area contributed by atoms with Crippen LogP contribution in [0.3, 0.4) is 0 Å². The topological polar surface area (TPSA) is 64.3 Å². The zero-order chi connectivity index (χ0) is 13.9. The summed E-state index contributed by atoms with van der Waals surface area (Å²) >= 11 is 0. The third-order valence-corrected chi connectivity index (χ3v) is 3.91. The number of anilines is 1. The van der Waals surface area contributed by atoms with Gasteiger partial charge in [-0.25, -0.2) is 0 Å². The Morgan fingerprint density at radius 2 is 2.20 bits per heavy atom. The fraction of sp³-hybridized carbons (Fsp3) is 0.533. The molecular formula is C15H23ClN2O2. The van der Waals surface area contributed by atoms with E-state index in [1.54, 1.807) is 7.11 Å². The Bertz CT molecular complexity index is 463. The van der Waals surface area contributed by atoms with Gasteiger partial charge in [-0.3, -0.25) is 4.79 Å². The van der Waals surface area contributed by atoms with E-state index in [4.69, 9.17) is 10.5 Å². The summed E-state index contributed by atoms with van der Waals surface area (Å²) < 4.78 is 5.15. The number of amides is 1. The third kappa shape index (κ3) is 3.87. The van der Waals surface area contributed by atoms with Crippen molar-refractivity contribution in [2.45, 2.75) is 38.1 Å². The second-order valence-electron chi connectivity index (χ2n) is 5.53. The molecule has 4 nitrogen and oxygen atoms in total. The first-order chi connectivity index (χ1) is 9.03. The maximum atomic E-state index is 12.4. The molecule has 112 valence electrons. The summed E-state index contributed by atoms with van der Waals surface area (Å²) in [5, 5.41) is 2.94. The molecule has 2 rings (SSSR count). The van der Waals surface area contributed by atoms with E-state index in [0.29, 0.717) is 0 Å². The lowest BCUT2D eigenvalue weighted by Gasteiger charge is -2.37.